The largest absolute Gasteiger partial charge is 0.465 e. The van der Waals surface area contributed by atoms with Crippen LogP contribution in [0.25, 0.3) is 0 Å². The molecular formula is C52H90N2O16. The van der Waals surface area contributed by atoms with E-state index in [0.717, 1.165) is 71.0 Å². The van der Waals surface area contributed by atoms with Gasteiger partial charge in [0, 0.05) is 11.3 Å². The normalized spacial score (nSPS) is 24.2. The Balaban J connectivity index is 0.000000253. The van der Waals surface area contributed by atoms with Crippen LogP contribution in [0.5, 0.6) is 0 Å². The number of hydrogen-bond donors (Lipinski definition) is 2. The number of rotatable bonds is 22. The summed E-state index contributed by atoms with van der Waals surface area (Å²) in [5.41, 5.74) is -1.13. The molecule has 6 rings (SSSR count). The van der Waals surface area contributed by atoms with Gasteiger partial charge in [0.2, 0.25) is 0 Å². The standard InChI is InChI=1S/C16H27NO5.C15H25NO5.C11H20O3.C10H18O3/c1-4-16(2,3)14(18)20-8-7-17-15(19)21-10-11-5-6-12-13(9-11)22-12;1-3-10(2)14(17)19-7-6-16-15(18)20-9-11-4-5-12-13(8-11)21-12;1-5-10(2,3)9(12)14-8-11(4)6-13-7-11;1-4-10(2,3)9(11)13-7-8-5-12-6-8/h11-13H,4-10H2,1-3H3,(H,17,19);10-13H,3-9H2,1-2H3,(H,16,18);5-8H2,1-4H3;8H,4-7H2,1-3H3. The Hall–Kier alpha value is -3.74. The fourth-order valence-electron chi connectivity index (χ4n) is 7.04. The first-order chi connectivity index (χ1) is 33.0. The van der Waals surface area contributed by atoms with Crippen molar-refractivity contribution in [3.05, 3.63) is 0 Å². The van der Waals surface area contributed by atoms with E-state index in [1.54, 1.807) is 0 Å². The Morgan fingerprint density at radius 3 is 1.37 bits per heavy atom. The number of alkyl carbamates (subject to hydrolysis) is 2. The van der Waals surface area contributed by atoms with Crippen molar-refractivity contribution in [1.82, 2.24) is 10.6 Å². The summed E-state index contributed by atoms with van der Waals surface area (Å²) in [6.07, 6.45) is 10.1. The van der Waals surface area contributed by atoms with E-state index >= 15 is 0 Å². The van der Waals surface area contributed by atoms with Gasteiger partial charge in [-0.3, -0.25) is 19.2 Å². The van der Waals surface area contributed by atoms with Crippen LogP contribution in [0, 0.1) is 45.3 Å². The van der Waals surface area contributed by atoms with E-state index in [1.165, 1.54) is 0 Å². The Labute approximate surface area is 418 Å². The van der Waals surface area contributed by atoms with Crippen molar-refractivity contribution in [3.63, 3.8) is 0 Å². The zero-order valence-electron chi connectivity index (χ0n) is 44.7. The lowest BCUT2D eigenvalue weighted by atomic mass is 9.88. The molecule has 18 nitrogen and oxygen atoms in total. The molecule has 6 aliphatic rings. The lowest BCUT2D eigenvalue weighted by Gasteiger charge is -2.37. The van der Waals surface area contributed by atoms with E-state index < -0.39 is 17.6 Å². The van der Waals surface area contributed by atoms with Gasteiger partial charge in [-0.2, -0.15) is 0 Å². The van der Waals surface area contributed by atoms with Crippen LogP contribution in [0.3, 0.4) is 0 Å². The van der Waals surface area contributed by atoms with E-state index in [1.807, 2.05) is 76.2 Å². The molecule has 0 aromatic rings. The first-order valence-corrected chi connectivity index (χ1v) is 25.9. The molecule has 0 aromatic heterocycles. The smallest absolute Gasteiger partial charge is 0.407 e. The summed E-state index contributed by atoms with van der Waals surface area (Å²) >= 11 is 0. The average Bonchev–Trinajstić information content (AvgIpc) is 4.26. The number of epoxide rings is 2. The molecule has 2 saturated carbocycles. The van der Waals surface area contributed by atoms with E-state index in [0.29, 0.717) is 88.2 Å². The zero-order valence-corrected chi connectivity index (χ0v) is 44.7. The van der Waals surface area contributed by atoms with E-state index in [2.05, 4.69) is 17.6 Å². The monoisotopic (exact) mass is 999 g/mol. The van der Waals surface area contributed by atoms with Crippen molar-refractivity contribution in [1.29, 1.82) is 0 Å². The fraction of sp³-hybridized carbons (Fsp3) is 0.885. The lowest BCUT2D eigenvalue weighted by Crippen LogP contribution is -2.45. The molecular weight excluding hydrogens is 909 g/mol. The molecule has 2 amide bonds. The topological polar surface area (TPSA) is 225 Å². The minimum Gasteiger partial charge on any atom is -0.465 e. The molecule has 18 heteroatoms. The van der Waals surface area contributed by atoms with Crippen LogP contribution in [0.1, 0.15) is 147 Å². The molecule has 7 unspecified atom stereocenters. The third kappa shape index (κ3) is 21.9. The van der Waals surface area contributed by atoms with Crippen LogP contribution in [0.15, 0.2) is 0 Å². The van der Waals surface area contributed by atoms with Gasteiger partial charge in [-0.05, 0) is 118 Å². The lowest BCUT2D eigenvalue weighted by molar-refractivity contribution is -0.173. The second-order valence-electron chi connectivity index (χ2n) is 22.0. The summed E-state index contributed by atoms with van der Waals surface area (Å²) in [6.45, 7) is 28.7. The third-order valence-electron chi connectivity index (χ3n) is 14.3. The molecule has 7 atom stereocenters. The van der Waals surface area contributed by atoms with Crippen molar-refractivity contribution < 1.29 is 76.1 Å². The molecule has 404 valence electrons. The van der Waals surface area contributed by atoms with Gasteiger partial charge in [-0.15, -0.1) is 0 Å². The SMILES string of the molecule is CCC(C)(C)C(=O)OCC1(C)COC1.CCC(C)(C)C(=O)OCC1COC1.CCC(C)(C)C(=O)OCCNC(=O)OCC1CCC2OC2C1.CCC(C)C(=O)OCCNC(=O)OCC1CCC2OC2C1. The van der Waals surface area contributed by atoms with Crippen LogP contribution in [0.4, 0.5) is 9.59 Å². The van der Waals surface area contributed by atoms with Crippen LogP contribution in [-0.2, 0) is 66.5 Å². The molecule has 0 spiro atoms. The van der Waals surface area contributed by atoms with Gasteiger partial charge in [-0.25, -0.2) is 9.59 Å². The highest BCUT2D eigenvalue weighted by atomic mass is 16.6. The van der Waals surface area contributed by atoms with Crippen LogP contribution in [-0.4, -0.2) is 140 Å². The van der Waals surface area contributed by atoms with Crippen molar-refractivity contribution in [2.24, 2.45) is 45.3 Å². The number of fused-ring (bicyclic) bond motifs is 2. The second-order valence-corrected chi connectivity index (χ2v) is 22.0. The highest BCUT2D eigenvalue weighted by molar-refractivity contribution is 5.77. The Morgan fingerprint density at radius 1 is 0.557 bits per heavy atom. The highest BCUT2D eigenvalue weighted by Gasteiger charge is 2.45. The first-order valence-electron chi connectivity index (χ1n) is 25.9. The maximum Gasteiger partial charge on any atom is 0.407 e. The molecule has 4 heterocycles. The Bertz CT molecular complexity index is 1640. The number of esters is 4. The molecule has 4 saturated heterocycles. The van der Waals surface area contributed by atoms with Gasteiger partial charge < -0.3 is 58.0 Å². The highest BCUT2D eigenvalue weighted by Crippen LogP contribution is 2.40. The second kappa shape index (κ2) is 29.1. The molecule has 70 heavy (non-hydrogen) atoms. The van der Waals surface area contributed by atoms with Gasteiger partial charge in [-0.1, -0.05) is 41.5 Å². The van der Waals surface area contributed by atoms with Crippen molar-refractivity contribution in [3.8, 4) is 0 Å². The number of nitrogens with one attached hydrogen (secondary N) is 2. The summed E-state index contributed by atoms with van der Waals surface area (Å²) in [6, 6.07) is 0. The minimum absolute atomic E-state index is 0.0550. The zero-order chi connectivity index (χ0) is 52.1. The first kappa shape index (κ1) is 60.6. The summed E-state index contributed by atoms with van der Waals surface area (Å²) in [5.74, 6) is 0.462. The molecule has 2 aliphatic carbocycles. The quantitative estimate of drug-likeness (QED) is 0.0458. The summed E-state index contributed by atoms with van der Waals surface area (Å²) in [5, 5.41) is 5.19. The average molecular weight is 999 g/mol. The van der Waals surface area contributed by atoms with E-state index in [4.69, 9.17) is 47.4 Å². The Kier molecular flexibility index (Phi) is 25.2. The summed E-state index contributed by atoms with van der Waals surface area (Å²) in [4.78, 5) is 69.3. The molecule has 0 radical (unpaired) electrons. The minimum atomic E-state index is -0.482. The van der Waals surface area contributed by atoms with Crippen molar-refractivity contribution in [2.75, 3.05) is 79.2 Å². The van der Waals surface area contributed by atoms with Crippen LogP contribution >= 0.6 is 0 Å². The predicted molar refractivity (Wildman–Crippen MR) is 259 cm³/mol. The Morgan fingerprint density at radius 2 is 0.986 bits per heavy atom. The van der Waals surface area contributed by atoms with Crippen molar-refractivity contribution >= 4 is 36.1 Å². The van der Waals surface area contributed by atoms with Gasteiger partial charge in [0.25, 0.3) is 0 Å². The number of ether oxygens (including phenoxy) is 10. The molecule has 4 aliphatic heterocycles. The summed E-state index contributed by atoms with van der Waals surface area (Å²) < 4.78 is 52.0. The third-order valence-corrected chi connectivity index (χ3v) is 14.3. The maximum absolute atomic E-state index is 11.7. The maximum atomic E-state index is 11.7. The predicted octanol–water partition coefficient (Wildman–Crippen LogP) is 7.74. The number of amides is 2. The van der Waals surface area contributed by atoms with Crippen LogP contribution in [0.2, 0.25) is 0 Å². The number of hydrogen-bond acceptors (Lipinski definition) is 16. The molecule has 6 fully saturated rings. The molecule has 0 bridgehead atoms. The van der Waals surface area contributed by atoms with E-state index in [9.17, 15) is 28.8 Å². The molecule has 2 N–H and O–H groups in total. The molecule has 0 aromatic carbocycles. The van der Waals surface area contributed by atoms with Crippen LogP contribution < -0.4 is 10.6 Å². The van der Waals surface area contributed by atoms with Gasteiger partial charge in [0.05, 0.1) is 106 Å². The summed E-state index contributed by atoms with van der Waals surface area (Å²) in [7, 11) is 0. The fourth-order valence-corrected chi connectivity index (χ4v) is 7.04. The van der Waals surface area contributed by atoms with E-state index in [-0.39, 0.29) is 72.3 Å². The number of carbonyl (C=O) groups excluding carboxylic acids is 6. The van der Waals surface area contributed by atoms with Gasteiger partial charge in [0.15, 0.2) is 0 Å². The van der Waals surface area contributed by atoms with Gasteiger partial charge >= 0.3 is 36.1 Å². The van der Waals surface area contributed by atoms with Crippen molar-refractivity contribution in [2.45, 2.75) is 172 Å². The van der Waals surface area contributed by atoms with Gasteiger partial charge in [0.1, 0.15) is 19.8 Å². The number of carbonyl (C=O) groups is 6.